The first-order valence-corrected chi connectivity index (χ1v) is 9.22. The van der Waals surface area contributed by atoms with E-state index in [0.717, 1.165) is 0 Å². The lowest BCUT2D eigenvalue weighted by Crippen LogP contribution is -2.56. The van der Waals surface area contributed by atoms with Gasteiger partial charge < -0.3 is 18.0 Å². The molecule has 0 heterocycles. The fraction of sp³-hybridized carbons (Fsp3) is 0.765. The van der Waals surface area contributed by atoms with Crippen LogP contribution in [0.15, 0.2) is 12.3 Å². The van der Waals surface area contributed by atoms with Crippen LogP contribution in [-0.4, -0.2) is 32.7 Å². The Morgan fingerprint density at radius 3 is 1.36 bits per heavy atom. The van der Waals surface area contributed by atoms with Gasteiger partial charge in [-0.1, -0.05) is 5.92 Å². The van der Waals surface area contributed by atoms with E-state index in [1.807, 2.05) is 62.3 Å². The SMILES string of the molecule is CO/C=C\C#C[Si](OC(C)(C)C)(OC(C)(C)C)OC(C)(C)C. The first-order chi connectivity index (χ1) is 9.68. The van der Waals surface area contributed by atoms with Crippen molar-refractivity contribution in [3.8, 4) is 11.5 Å². The van der Waals surface area contributed by atoms with Crippen molar-refractivity contribution < 1.29 is 18.0 Å². The molecule has 22 heavy (non-hydrogen) atoms. The molecule has 0 saturated carbocycles. The Hall–Kier alpha value is -0.803. The van der Waals surface area contributed by atoms with Gasteiger partial charge in [0.25, 0.3) is 0 Å². The fourth-order valence-corrected chi connectivity index (χ4v) is 4.54. The summed E-state index contributed by atoms with van der Waals surface area (Å²) in [6.07, 6.45) is 3.13. The van der Waals surface area contributed by atoms with Crippen LogP contribution in [0, 0.1) is 11.5 Å². The van der Waals surface area contributed by atoms with Gasteiger partial charge >= 0.3 is 8.80 Å². The molecule has 5 heteroatoms. The van der Waals surface area contributed by atoms with Gasteiger partial charge in [0.1, 0.15) is 0 Å². The molecule has 0 aliphatic rings. The quantitative estimate of drug-likeness (QED) is 0.443. The lowest BCUT2D eigenvalue weighted by Gasteiger charge is -2.39. The zero-order chi connectivity index (χ0) is 17.7. The number of ether oxygens (including phenoxy) is 1. The summed E-state index contributed by atoms with van der Waals surface area (Å²) in [5, 5.41) is 0. The van der Waals surface area contributed by atoms with Crippen LogP contribution in [0.25, 0.3) is 0 Å². The van der Waals surface area contributed by atoms with Gasteiger partial charge in [0.15, 0.2) is 0 Å². The zero-order valence-corrected chi connectivity index (χ0v) is 16.8. The Morgan fingerprint density at radius 1 is 0.727 bits per heavy atom. The summed E-state index contributed by atoms with van der Waals surface area (Å²) in [6, 6.07) is 0. The van der Waals surface area contributed by atoms with Crippen LogP contribution in [0.3, 0.4) is 0 Å². The standard InChI is InChI=1S/C17H32O4Si/c1-15(2,3)19-22(20-16(4,5)6,21-17(7,8)9)14-12-11-13-18-10/h11,13H,1-10H3/b13-11-. The van der Waals surface area contributed by atoms with Crippen molar-refractivity contribution in [2.45, 2.75) is 79.1 Å². The van der Waals surface area contributed by atoms with E-state index in [2.05, 4.69) is 11.5 Å². The summed E-state index contributed by atoms with van der Waals surface area (Å²) in [4.78, 5) is 0. The van der Waals surface area contributed by atoms with Gasteiger partial charge in [0.2, 0.25) is 0 Å². The van der Waals surface area contributed by atoms with Gasteiger partial charge in [-0.25, -0.2) is 0 Å². The van der Waals surface area contributed by atoms with Gasteiger partial charge in [0, 0.05) is 6.08 Å². The molecule has 0 amide bonds. The van der Waals surface area contributed by atoms with E-state index < -0.39 is 25.6 Å². The van der Waals surface area contributed by atoms with Crippen LogP contribution in [0.5, 0.6) is 0 Å². The van der Waals surface area contributed by atoms with Crippen LogP contribution in [-0.2, 0) is 18.0 Å². The Balaban J connectivity index is 5.77. The average Bonchev–Trinajstić information content (AvgIpc) is 2.16. The summed E-state index contributed by atoms with van der Waals surface area (Å²) in [6.45, 7) is 17.7. The Labute approximate surface area is 137 Å². The lowest BCUT2D eigenvalue weighted by atomic mass is 10.2. The molecule has 0 spiro atoms. The van der Waals surface area contributed by atoms with Crippen molar-refractivity contribution in [2.75, 3.05) is 7.11 Å². The molecule has 0 saturated heterocycles. The molecule has 0 aromatic heterocycles. The van der Waals surface area contributed by atoms with Crippen molar-refractivity contribution in [1.82, 2.24) is 0 Å². The summed E-state index contributed by atoms with van der Waals surface area (Å²) in [5.41, 5.74) is 1.81. The molecule has 0 atom stereocenters. The first-order valence-electron chi connectivity index (χ1n) is 7.49. The average molecular weight is 329 g/mol. The Morgan fingerprint density at radius 2 is 1.09 bits per heavy atom. The highest BCUT2D eigenvalue weighted by Gasteiger charge is 2.50. The van der Waals surface area contributed by atoms with Gasteiger partial charge in [-0.05, 0) is 67.9 Å². The normalized spacial score (nSPS) is 13.9. The van der Waals surface area contributed by atoms with Crippen molar-refractivity contribution in [3.63, 3.8) is 0 Å². The van der Waals surface area contributed by atoms with E-state index in [1.54, 1.807) is 13.2 Å². The number of allylic oxidation sites excluding steroid dienone is 1. The highest BCUT2D eigenvalue weighted by Crippen LogP contribution is 2.28. The maximum Gasteiger partial charge on any atom is 0.593 e. The Kier molecular flexibility index (Phi) is 7.37. The third-order valence-corrected chi connectivity index (χ3v) is 4.93. The molecule has 0 rings (SSSR count). The van der Waals surface area contributed by atoms with Crippen molar-refractivity contribution in [1.29, 1.82) is 0 Å². The number of rotatable bonds is 4. The minimum Gasteiger partial charge on any atom is -0.504 e. The second-order valence-electron chi connectivity index (χ2n) is 8.01. The third-order valence-electron chi connectivity index (χ3n) is 1.83. The van der Waals surface area contributed by atoms with Gasteiger partial charge in [0.05, 0.1) is 30.2 Å². The van der Waals surface area contributed by atoms with E-state index in [-0.39, 0.29) is 0 Å². The monoisotopic (exact) mass is 328 g/mol. The second-order valence-corrected chi connectivity index (χ2v) is 9.98. The minimum atomic E-state index is -3.22. The maximum absolute atomic E-state index is 6.20. The molecule has 128 valence electrons. The zero-order valence-electron chi connectivity index (χ0n) is 15.8. The number of hydrogen-bond acceptors (Lipinski definition) is 4. The molecule has 0 aromatic carbocycles. The van der Waals surface area contributed by atoms with E-state index >= 15 is 0 Å². The molecule has 4 nitrogen and oxygen atoms in total. The van der Waals surface area contributed by atoms with Crippen LogP contribution in [0.2, 0.25) is 0 Å². The molecule has 0 aromatic rings. The lowest BCUT2D eigenvalue weighted by molar-refractivity contribution is -0.0647. The molecule has 0 unspecified atom stereocenters. The van der Waals surface area contributed by atoms with Crippen LogP contribution >= 0.6 is 0 Å². The van der Waals surface area contributed by atoms with Crippen molar-refractivity contribution in [2.24, 2.45) is 0 Å². The number of hydrogen-bond donors (Lipinski definition) is 0. The highest BCUT2D eigenvalue weighted by molar-refractivity contribution is 6.70. The molecular formula is C17H32O4Si. The van der Waals surface area contributed by atoms with E-state index in [1.165, 1.54) is 6.26 Å². The fourth-order valence-electron chi connectivity index (χ4n) is 1.58. The first kappa shape index (κ1) is 21.2. The smallest absolute Gasteiger partial charge is 0.504 e. The molecular weight excluding hydrogens is 296 g/mol. The van der Waals surface area contributed by atoms with Crippen molar-refractivity contribution in [3.05, 3.63) is 12.3 Å². The van der Waals surface area contributed by atoms with Crippen molar-refractivity contribution >= 4 is 8.80 Å². The summed E-state index contributed by atoms with van der Waals surface area (Å²) < 4.78 is 23.5. The van der Waals surface area contributed by atoms with E-state index in [0.29, 0.717) is 0 Å². The van der Waals surface area contributed by atoms with Crippen LogP contribution in [0.4, 0.5) is 0 Å². The third kappa shape index (κ3) is 10.9. The molecule has 0 bridgehead atoms. The Bertz CT molecular complexity index is 384. The number of methoxy groups -OCH3 is 1. The maximum atomic E-state index is 6.20. The summed E-state index contributed by atoms with van der Waals surface area (Å²) in [5.74, 6) is 2.93. The second kappa shape index (κ2) is 7.65. The van der Waals surface area contributed by atoms with Gasteiger partial charge in [-0.2, -0.15) is 0 Å². The molecule has 0 radical (unpaired) electrons. The van der Waals surface area contributed by atoms with E-state index in [4.69, 9.17) is 18.0 Å². The predicted octanol–water partition coefficient (Wildman–Crippen LogP) is 4.07. The van der Waals surface area contributed by atoms with Crippen LogP contribution in [0.1, 0.15) is 62.3 Å². The minimum absolute atomic E-state index is 0.428. The molecule has 0 aliphatic carbocycles. The van der Waals surface area contributed by atoms with E-state index in [9.17, 15) is 0 Å². The largest absolute Gasteiger partial charge is 0.593 e. The molecule has 0 N–H and O–H groups in total. The molecule has 0 fully saturated rings. The topological polar surface area (TPSA) is 36.9 Å². The highest BCUT2D eigenvalue weighted by atomic mass is 28.4. The summed E-state index contributed by atoms with van der Waals surface area (Å²) in [7, 11) is -1.64. The molecule has 0 aliphatic heterocycles. The van der Waals surface area contributed by atoms with Gasteiger partial charge in [-0.15, -0.1) is 0 Å². The summed E-state index contributed by atoms with van der Waals surface area (Å²) >= 11 is 0. The predicted molar refractivity (Wildman–Crippen MR) is 92.2 cm³/mol. The van der Waals surface area contributed by atoms with Crippen LogP contribution < -0.4 is 0 Å². The van der Waals surface area contributed by atoms with Gasteiger partial charge in [-0.3, -0.25) is 0 Å².